The van der Waals surface area contributed by atoms with Crippen molar-refractivity contribution in [2.75, 3.05) is 30.4 Å². The molecule has 0 aliphatic carbocycles. The number of carbonyl (C=O) groups is 1. The molecule has 1 atom stereocenters. The predicted octanol–water partition coefficient (Wildman–Crippen LogP) is 3.61. The smallest absolute Gasteiger partial charge is 0.229 e. The molecule has 1 aromatic carbocycles. The first kappa shape index (κ1) is 18.5. The minimum Gasteiger partial charge on any atom is -0.495 e. The second-order valence-corrected chi connectivity index (χ2v) is 6.98. The van der Waals surface area contributed by atoms with E-state index in [0.717, 1.165) is 30.8 Å². The van der Waals surface area contributed by atoms with E-state index in [1.54, 1.807) is 25.3 Å². The van der Waals surface area contributed by atoms with E-state index in [9.17, 15) is 4.79 Å². The van der Waals surface area contributed by atoms with Gasteiger partial charge in [-0.1, -0.05) is 11.6 Å². The summed E-state index contributed by atoms with van der Waals surface area (Å²) in [5.74, 6) is 1.15. The maximum atomic E-state index is 12.7. The van der Waals surface area contributed by atoms with Crippen LogP contribution >= 0.6 is 11.6 Å². The molecule has 0 radical (unpaired) electrons. The first-order valence-electron chi connectivity index (χ1n) is 8.68. The quantitative estimate of drug-likeness (QED) is 0.885. The maximum Gasteiger partial charge on any atom is 0.229 e. The van der Waals surface area contributed by atoms with Crippen LogP contribution in [-0.2, 0) is 4.79 Å². The lowest BCUT2D eigenvalue weighted by Crippen LogP contribution is -2.41. The van der Waals surface area contributed by atoms with Gasteiger partial charge in [0, 0.05) is 30.2 Å². The van der Waals surface area contributed by atoms with Gasteiger partial charge in [-0.3, -0.25) is 4.79 Å². The minimum atomic E-state index is -0.117. The van der Waals surface area contributed by atoms with Crippen LogP contribution in [0.3, 0.4) is 0 Å². The summed E-state index contributed by atoms with van der Waals surface area (Å²) in [6.45, 7) is 5.39. The van der Waals surface area contributed by atoms with Crippen LogP contribution in [0.15, 0.2) is 24.3 Å². The summed E-state index contributed by atoms with van der Waals surface area (Å²) in [5, 5.41) is 3.42. The van der Waals surface area contributed by atoms with Gasteiger partial charge in [0.05, 0.1) is 18.1 Å². The molecular formula is C19H23ClN4O2. The van der Waals surface area contributed by atoms with Crippen LogP contribution in [0.25, 0.3) is 0 Å². The van der Waals surface area contributed by atoms with Crippen molar-refractivity contribution in [3.8, 4) is 5.75 Å². The van der Waals surface area contributed by atoms with Crippen molar-refractivity contribution in [1.82, 2.24) is 9.97 Å². The summed E-state index contributed by atoms with van der Waals surface area (Å²) in [6.07, 6.45) is 1.77. The summed E-state index contributed by atoms with van der Waals surface area (Å²) >= 11 is 6.13. The van der Waals surface area contributed by atoms with Crippen LogP contribution in [0, 0.1) is 19.8 Å². The second-order valence-electron chi connectivity index (χ2n) is 6.57. The van der Waals surface area contributed by atoms with Gasteiger partial charge in [-0.25, -0.2) is 9.97 Å². The molecule has 0 unspecified atom stereocenters. The molecule has 0 bridgehead atoms. The van der Waals surface area contributed by atoms with E-state index >= 15 is 0 Å². The number of amides is 1. The molecule has 1 saturated heterocycles. The highest BCUT2D eigenvalue weighted by atomic mass is 35.5. The standard InChI is InChI=1S/C19H23ClN4O2/c1-12-9-13(2)22-19(21-12)24-8-4-5-14(11-24)18(25)23-15-6-7-17(26-3)16(20)10-15/h6-7,9-10,14H,4-5,8,11H2,1-3H3,(H,23,25)/t14-/m0/s1. The number of nitrogens with zero attached hydrogens (tertiary/aromatic N) is 3. The zero-order valence-corrected chi connectivity index (χ0v) is 16.0. The van der Waals surface area contributed by atoms with Crippen molar-refractivity contribution in [3.63, 3.8) is 0 Å². The second kappa shape index (κ2) is 7.91. The minimum absolute atomic E-state index is 0.0136. The zero-order chi connectivity index (χ0) is 18.7. The Morgan fingerprint density at radius 1 is 1.27 bits per heavy atom. The molecule has 7 heteroatoms. The number of hydrogen-bond acceptors (Lipinski definition) is 5. The molecular weight excluding hydrogens is 352 g/mol. The number of piperidine rings is 1. The highest BCUT2D eigenvalue weighted by Crippen LogP contribution is 2.28. The van der Waals surface area contributed by atoms with E-state index in [0.29, 0.717) is 29.0 Å². The fourth-order valence-corrected chi connectivity index (χ4v) is 3.47. The molecule has 6 nitrogen and oxygen atoms in total. The third-order valence-corrected chi connectivity index (χ3v) is 4.76. The molecule has 1 N–H and O–H groups in total. The summed E-state index contributed by atoms with van der Waals surface area (Å²) in [5.41, 5.74) is 2.54. The third-order valence-electron chi connectivity index (χ3n) is 4.46. The summed E-state index contributed by atoms with van der Waals surface area (Å²) < 4.78 is 5.14. The van der Waals surface area contributed by atoms with E-state index in [4.69, 9.17) is 16.3 Å². The van der Waals surface area contributed by atoms with Crippen LogP contribution in [0.1, 0.15) is 24.2 Å². The molecule has 1 aliphatic rings. The lowest BCUT2D eigenvalue weighted by atomic mass is 9.97. The summed E-state index contributed by atoms with van der Waals surface area (Å²) in [6, 6.07) is 7.18. The molecule has 138 valence electrons. The van der Waals surface area contributed by atoms with Crippen LogP contribution < -0.4 is 15.0 Å². The Morgan fingerprint density at radius 3 is 2.65 bits per heavy atom. The predicted molar refractivity (Wildman–Crippen MR) is 103 cm³/mol. The van der Waals surface area contributed by atoms with E-state index in [1.807, 2.05) is 19.9 Å². The fraction of sp³-hybridized carbons (Fsp3) is 0.421. The Labute approximate surface area is 158 Å². The Balaban J connectivity index is 1.69. The summed E-state index contributed by atoms with van der Waals surface area (Å²) in [7, 11) is 1.56. The summed E-state index contributed by atoms with van der Waals surface area (Å²) in [4.78, 5) is 23.8. The first-order valence-corrected chi connectivity index (χ1v) is 9.05. The number of aryl methyl sites for hydroxylation is 2. The Morgan fingerprint density at radius 2 is 2.00 bits per heavy atom. The maximum absolute atomic E-state index is 12.7. The molecule has 1 fully saturated rings. The van der Waals surface area contributed by atoms with Gasteiger partial charge >= 0.3 is 0 Å². The average Bonchev–Trinajstić information content (AvgIpc) is 2.61. The molecule has 0 spiro atoms. The van der Waals surface area contributed by atoms with Crippen LogP contribution in [0.5, 0.6) is 5.75 Å². The fourth-order valence-electron chi connectivity index (χ4n) is 3.21. The monoisotopic (exact) mass is 374 g/mol. The number of hydrogen-bond donors (Lipinski definition) is 1. The highest BCUT2D eigenvalue weighted by molar-refractivity contribution is 6.32. The average molecular weight is 375 g/mol. The molecule has 3 rings (SSSR count). The van der Waals surface area contributed by atoms with Crippen molar-refractivity contribution in [3.05, 3.63) is 40.7 Å². The van der Waals surface area contributed by atoms with Gasteiger partial charge in [0.15, 0.2) is 0 Å². The van der Waals surface area contributed by atoms with Crippen molar-refractivity contribution >= 4 is 29.1 Å². The van der Waals surface area contributed by atoms with Crippen molar-refractivity contribution < 1.29 is 9.53 Å². The number of nitrogens with one attached hydrogen (secondary N) is 1. The largest absolute Gasteiger partial charge is 0.495 e. The van der Waals surface area contributed by atoms with Gasteiger partial charge in [-0.05, 0) is 51.0 Å². The Hall–Kier alpha value is -2.34. The van der Waals surface area contributed by atoms with Crippen molar-refractivity contribution in [2.45, 2.75) is 26.7 Å². The van der Waals surface area contributed by atoms with Gasteiger partial charge in [-0.15, -0.1) is 0 Å². The Kier molecular flexibility index (Phi) is 5.61. The topological polar surface area (TPSA) is 67.3 Å². The van der Waals surface area contributed by atoms with Crippen LogP contribution in [-0.4, -0.2) is 36.1 Å². The normalized spacial score (nSPS) is 17.1. The number of halogens is 1. The van der Waals surface area contributed by atoms with E-state index < -0.39 is 0 Å². The SMILES string of the molecule is COc1ccc(NC(=O)[C@H]2CCCN(c3nc(C)cc(C)n3)C2)cc1Cl. The van der Waals surface area contributed by atoms with E-state index in [2.05, 4.69) is 20.2 Å². The number of methoxy groups -OCH3 is 1. The Bertz CT molecular complexity index is 792. The lowest BCUT2D eigenvalue weighted by molar-refractivity contribution is -0.120. The number of aromatic nitrogens is 2. The van der Waals surface area contributed by atoms with E-state index in [1.165, 1.54) is 0 Å². The molecule has 2 aromatic rings. The number of rotatable bonds is 4. The molecule has 2 heterocycles. The lowest BCUT2D eigenvalue weighted by Gasteiger charge is -2.32. The molecule has 26 heavy (non-hydrogen) atoms. The van der Waals surface area contributed by atoms with Crippen LogP contribution in [0.4, 0.5) is 11.6 Å². The molecule has 0 saturated carbocycles. The van der Waals surface area contributed by atoms with Crippen LogP contribution in [0.2, 0.25) is 5.02 Å². The van der Waals surface area contributed by atoms with Gasteiger partial charge in [0.2, 0.25) is 11.9 Å². The number of anilines is 2. The van der Waals surface area contributed by atoms with Crippen molar-refractivity contribution in [2.24, 2.45) is 5.92 Å². The number of ether oxygens (including phenoxy) is 1. The van der Waals surface area contributed by atoms with Gasteiger partial charge in [0.25, 0.3) is 0 Å². The van der Waals surface area contributed by atoms with Gasteiger partial charge in [0.1, 0.15) is 5.75 Å². The molecule has 1 aromatic heterocycles. The van der Waals surface area contributed by atoms with Gasteiger partial charge < -0.3 is 15.0 Å². The first-order chi connectivity index (χ1) is 12.5. The molecule has 1 aliphatic heterocycles. The number of benzene rings is 1. The van der Waals surface area contributed by atoms with Gasteiger partial charge in [-0.2, -0.15) is 0 Å². The third kappa shape index (κ3) is 4.25. The number of carbonyl (C=O) groups excluding carboxylic acids is 1. The zero-order valence-electron chi connectivity index (χ0n) is 15.3. The van der Waals surface area contributed by atoms with E-state index in [-0.39, 0.29) is 11.8 Å². The molecule has 1 amide bonds. The highest BCUT2D eigenvalue weighted by Gasteiger charge is 2.27. The van der Waals surface area contributed by atoms with Crippen molar-refractivity contribution in [1.29, 1.82) is 0 Å².